The first-order valence-corrected chi connectivity index (χ1v) is 4.02. The summed E-state index contributed by atoms with van der Waals surface area (Å²) in [7, 11) is 0. The van der Waals surface area contributed by atoms with Gasteiger partial charge in [-0.3, -0.25) is 14.9 Å². The molecule has 0 radical (unpaired) electrons. The summed E-state index contributed by atoms with van der Waals surface area (Å²) in [5, 5.41) is 8.55. The lowest BCUT2D eigenvalue weighted by Gasteiger charge is -2.01. The van der Waals surface area contributed by atoms with Crippen molar-refractivity contribution in [3.05, 3.63) is 5.69 Å². The molecule has 0 saturated heterocycles. The minimum Gasteiger partial charge on any atom is -0.336 e. The molecule has 0 unspecified atom stereocenters. The fourth-order valence-corrected chi connectivity index (χ4v) is 0.938. The van der Waals surface area contributed by atoms with Crippen LogP contribution in [0.1, 0.15) is 19.5 Å². The highest BCUT2D eigenvalue weighted by Crippen LogP contribution is 2.25. The number of carbonyl (C=O) groups excluding carboxylic acids is 2. The largest absolute Gasteiger partial charge is 0.336 e. The molecule has 0 spiro atoms. The van der Waals surface area contributed by atoms with Gasteiger partial charge >= 0.3 is 0 Å². The van der Waals surface area contributed by atoms with Gasteiger partial charge in [-0.15, -0.1) is 0 Å². The van der Waals surface area contributed by atoms with Gasteiger partial charge in [0.15, 0.2) is 0 Å². The van der Waals surface area contributed by atoms with Crippen LogP contribution in [0.15, 0.2) is 4.52 Å². The molecule has 2 amide bonds. The van der Waals surface area contributed by atoms with Crippen molar-refractivity contribution < 1.29 is 14.1 Å². The van der Waals surface area contributed by atoms with Gasteiger partial charge in [0.25, 0.3) is 5.88 Å². The van der Waals surface area contributed by atoms with Crippen LogP contribution >= 0.6 is 0 Å². The van der Waals surface area contributed by atoms with Gasteiger partial charge in [-0.05, 0) is 6.92 Å². The fraction of sp³-hybridized carbons (Fsp3) is 0.375. The molecule has 2 N–H and O–H groups in total. The summed E-state index contributed by atoms with van der Waals surface area (Å²) in [6, 6.07) is 0. The van der Waals surface area contributed by atoms with Crippen LogP contribution in [0.4, 0.5) is 11.6 Å². The maximum atomic E-state index is 10.8. The van der Waals surface area contributed by atoms with E-state index in [9.17, 15) is 9.59 Å². The number of rotatable bonds is 2. The molecule has 0 aliphatic rings. The van der Waals surface area contributed by atoms with Gasteiger partial charge in [0.2, 0.25) is 11.8 Å². The van der Waals surface area contributed by atoms with Gasteiger partial charge < -0.3 is 9.84 Å². The van der Waals surface area contributed by atoms with Crippen molar-refractivity contribution in [2.24, 2.45) is 0 Å². The number of hydrogen-bond acceptors (Lipinski definition) is 4. The van der Waals surface area contributed by atoms with Gasteiger partial charge in [-0.25, -0.2) is 0 Å². The first-order chi connectivity index (χ1) is 6.50. The van der Waals surface area contributed by atoms with Gasteiger partial charge in [-0.1, -0.05) is 5.16 Å². The average molecular weight is 197 g/mol. The number of carbonyl (C=O) groups is 2. The Balaban J connectivity index is 2.93. The van der Waals surface area contributed by atoms with Crippen molar-refractivity contribution in [3.8, 4) is 0 Å². The summed E-state index contributed by atoms with van der Waals surface area (Å²) >= 11 is 0. The quantitative estimate of drug-likeness (QED) is 0.737. The van der Waals surface area contributed by atoms with E-state index in [1.807, 2.05) is 0 Å². The first kappa shape index (κ1) is 10.2. The molecule has 1 aromatic heterocycles. The predicted molar refractivity (Wildman–Crippen MR) is 49.8 cm³/mol. The first-order valence-electron chi connectivity index (χ1n) is 4.02. The Hall–Kier alpha value is -1.85. The van der Waals surface area contributed by atoms with Crippen molar-refractivity contribution in [3.63, 3.8) is 0 Å². The highest BCUT2D eigenvalue weighted by atomic mass is 16.5. The van der Waals surface area contributed by atoms with Gasteiger partial charge in [0, 0.05) is 13.8 Å². The molecule has 1 aromatic rings. The lowest BCUT2D eigenvalue weighted by molar-refractivity contribution is -0.115. The zero-order valence-electron chi connectivity index (χ0n) is 8.17. The molecule has 0 atom stereocenters. The highest BCUT2D eigenvalue weighted by Gasteiger charge is 2.14. The van der Waals surface area contributed by atoms with Gasteiger partial charge in [0.1, 0.15) is 11.4 Å². The molecular formula is C8H11N3O3. The third-order valence-corrected chi connectivity index (χ3v) is 1.45. The molecule has 0 aliphatic heterocycles. The molecule has 76 valence electrons. The van der Waals surface area contributed by atoms with E-state index >= 15 is 0 Å². The Kier molecular flexibility index (Phi) is 2.85. The van der Waals surface area contributed by atoms with E-state index in [-0.39, 0.29) is 17.7 Å². The molecule has 1 heterocycles. The minimum absolute atomic E-state index is 0.158. The predicted octanol–water partition coefficient (Wildman–Crippen LogP) is 0.900. The van der Waals surface area contributed by atoms with E-state index in [0.29, 0.717) is 11.4 Å². The Bertz CT molecular complexity index is 370. The van der Waals surface area contributed by atoms with Crippen molar-refractivity contribution in [1.29, 1.82) is 0 Å². The van der Waals surface area contributed by atoms with Crippen LogP contribution in [-0.2, 0) is 9.59 Å². The molecule has 0 aliphatic carbocycles. The number of amides is 2. The standard InChI is InChI=1S/C8H11N3O3/c1-4-7(9-5(2)12)8(14-11-4)10-6(3)13/h1-3H3,(H,9,12)(H,10,13). The zero-order chi connectivity index (χ0) is 10.7. The lowest BCUT2D eigenvalue weighted by Crippen LogP contribution is -2.11. The SMILES string of the molecule is CC(=O)Nc1onc(C)c1NC(C)=O. The summed E-state index contributed by atoms with van der Waals surface area (Å²) in [5.41, 5.74) is 0.914. The van der Waals surface area contributed by atoms with Crippen LogP contribution in [0.2, 0.25) is 0 Å². The van der Waals surface area contributed by atoms with Crippen molar-refractivity contribution in [2.75, 3.05) is 10.6 Å². The maximum Gasteiger partial charge on any atom is 0.255 e. The molecular weight excluding hydrogens is 186 g/mol. The van der Waals surface area contributed by atoms with E-state index in [1.165, 1.54) is 13.8 Å². The van der Waals surface area contributed by atoms with E-state index in [2.05, 4.69) is 15.8 Å². The molecule has 1 rings (SSSR count). The second-order valence-corrected chi connectivity index (χ2v) is 2.83. The molecule has 0 fully saturated rings. The molecule has 0 bridgehead atoms. The monoisotopic (exact) mass is 197 g/mol. The summed E-state index contributed by atoms with van der Waals surface area (Å²) in [6.45, 7) is 4.37. The van der Waals surface area contributed by atoms with Crippen LogP contribution in [0, 0.1) is 6.92 Å². The van der Waals surface area contributed by atoms with Crippen LogP contribution in [-0.4, -0.2) is 17.0 Å². The van der Waals surface area contributed by atoms with Gasteiger partial charge in [-0.2, -0.15) is 0 Å². The van der Waals surface area contributed by atoms with Gasteiger partial charge in [0.05, 0.1) is 0 Å². The molecule has 0 saturated carbocycles. The topological polar surface area (TPSA) is 84.2 Å². The third-order valence-electron chi connectivity index (χ3n) is 1.45. The molecule has 6 nitrogen and oxygen atoms in total. The second-order valence-electron chi connectivity index (χ2n) is 2.83. The average Bonchev–Trinajstić information content (AvgIpc) is 2.34. The zero-order valence-corrected chi connectivity index (χ0v) is 8.17. The summed E-state index contributed by atoms with van der Waals surface area (Å²) in [4.78, 5) is 21.6. The number of nitrogens with zero attached hydrogens (tertiary/aromatic N) is 1. The number of aromatic nitrogens is 1. The van der Waals surface area contributed by atoms with E-state index < -0.39 is 0 Å². The minimum atomic E-state index is -0.284. The molecule has 0 aromatic carbocycles. The normalized spacial score (nSPS) is 9.64. The maximum absolute atomic E-state index is 10.8. The van der Waals surface area contributed by atoms with Crippen molar-refractivity contribution in [2.45, 2.75) is 20.8 Å². The van der Waals surface area contributed by atoms with E-state index in [1.54, 1.807) is 6.92 Å². The van der Waals surface area contributed by atoms with Crippen LogP contribution in [0.25, 0.3) is 0 Å². The Morgan fingerprint density at radius 3 is 2.29 bits per heavy atom. The summed E-state index contributed by atoms with van der Waals surface area (Å²) in [5.74, 6) is -0.374. The van der Waals surface area contributed by atoms with Crippen molar-refractivity contribution >= 4 is 23.4 Å². The Morgan fingerprint density at radius 1 is 1.21 bits per heavy atom. The highest BCUT2D eigenvalue weighted by molar-refractivity contribution is 5.96. The smallest absolute Gasteiger partial charge is 0.255 e. The number of hydrogen-bond donors (Lipinski definition) is 2. The number of nitrogens with one attached hydrogen (secondary N) is 2. The molecule has 6 heteroatoms. The van der Waals surface area contributed by atoms with E-state index in [4.69, 9.17) is 4.52 Å². The third kappa shape index (κ3) is 2.32. The number of aryl methyl sites for hydroxylation is 1. The van der Waals surface area contributed by atoms with E-state index in [0.717, 1.165) is 0 Å². The summed E-state index contributed by atoms with van der Waals surface area (Å²) < 4.78 is 4.81. The van der Waals surface area contributed by atoms with Crippen molar-refractivity contribution in [1.82, 2.24) is 5.16 Å². The van der Waals surface area contributed by atoms with Crippen LogP contribution in [0.3, 0.4) is 0 Å². The Labute approximate surface area is 80.6 Å². The van der Waals surface area contributed by atoms with Crippen LogP contribution in [0.5, 0.6) is 0 Å². The lowest BCUT2D eigenvalue weighted by atomic mass is 10.3. The Morgan fingerprint density at radius 2 is 1.79 bits per heavy atom. The molecule has 14 heavy (non-hydrogen) atoms. The number of anilines is 2. The second kappa shape index (κ2) is 3.91. The fourth-order valence-electron chi connectivity index (χ4n) is 0.938. The summed E-state index contributed by atoms with van der Waals surface area (Å²) in [6.07, 6.45) is 0. The van der Waals surface area contributed by atoms with Crippen LogP contribution < -0.4 is 10.6 Å².